The van der Waals surface area contributed by atoms with Gasteiger partial charge in [0.05, 0.1) is 16.7 Å². The Morgan fingerprint density at radius 3 is 2.85 bits per heavy atom. The second kappa shape index (κ2) is 5.91. The van der Waals surface area contributed by atoms with Gasteiger partial charge in [-0.25, -0.2) is 26.9 Å². The van der Waals surface area contributed by atoms with Crippen LogP contribution in [0.1, 0.15) is 35.2 Å². The number of halogens is 3. The first kappa shape index (κ1) is 14.4. The highest BCUT2D eigenvalue weighted by Crippen LogP contribution is 2.37. The molecule has 1 aliphatic rings. The SMILES string of the molecule is [2H]C([2H])([2H])C1(NS(=O)(=O)c2cc(Cl)c3cnc(-c4nnc(C(F)F)s4)n3c2)CC1. The third-order valence-corrected chi connectivity index (χ3v) is 6.51. The highest BCUT2D eigenvalue weighted by atomic mass is 35.5. The highest BCUT2D eigenvalue weighted by Gasteiger charge is 2.41. The van der Waals surface area contributed by atoms with Crippen LogP contribution in [-0.2, 0) is 10.0 Å². The average molecular weight is 423 g/mol. The van der Waals surface area contributed by atoms with Crippen molar-refractivity contribution in [3.8, 4) is 10.8 Å². The maximum atomic E-state index is 12.8. The van der Waals surface area contributed by atoms with Gasteiger partial charge in [-0.2, -0.15) is 0 Å². The minimum Gasteiger partial charge on any atom is -0.295 e. The van der Waals surface area contributed by atoms with Gasteiger partial charge in [0.25, 0.3) is 6.43 Å². The first-order chi connectivity index (χ1) is 13.4. The summed E-state index contributed by atoms with van der Waals surface area (Å²) in [7, 11) is -4.23. The topological polar surface area (TPSA) is 89.2 Å². The smallest absolute Gasteiger partial charge is 0.291 e. The van der Waals surface area contributed by atoms with Crippen molar-refractivity contribution < 1.29 is 21.3 Å². The molecular formula is C14H12ClF2N5O2S2. The lowest BCUT2D eigenvalue weighted by Gasteiger charge is -2.13. The molecule has 3 aromatic rings. The molecule has 1 fully saturated rings. The molecule has 0 bridgehead atoms. The Kier molecular flexibility index (Phi) is 3.27. The summed E-state index contributed by atoms with van der Waals surface area (Å²) in [5.41, 5.74) is -1.18. The minimum absolute atomic E-state index is 0.0314. The lowest BCUT2D eigenvalue weighted by atomic mass is 10.4. The quantitative estimate of drug-likeness (QED) is 0.681. The van der Waals surface area contributed by atoms with E-state index in [9.17, 15) is 17.2 Å². The Hall–Kier alpha value is -1.69. The fourth-order valence-electron chi connectivity index (χ4n) is 2.29. The molecule has 3 aromatic heterocycles. The number of nitrogens with one attached hydrogen (secondary N) is 1. The molecule has 0 atom stereocenters. The van der Waals surface area contributed by atoms with E-state index >= 15 is 0 Å². The van der Waals surface area contributed by atoms with Crippen molar-refractivity contribution in [2.24, 2.45) is 0 Å². The molecule has 26 heavy (non-hydrogen) atoms. The van der Waals surface area contributed by atoms with Crippen LogP contribution >= 0.6 is 22.9 Å². The maximum absolute atomic E-state index is 12.8. The zero-order chi connectivity index (χ0) is 21.2. The molecule has 0 aromatic carbocycles. The fourth-order valence-corrected chi connectivity index (χ4v) is 4.66. The van der Waals surface area contributed by atoms with E-state index in [1.165, 1.54) is 22.9 Å². The summed E-state index contributed by atoms with van der Waals surface area (Å²) in [6.07, 6.45) is 0.110. The van der Waals surface area contributed by atoms with Crippen LogP contribution in [0.25, 0.3) is 16.3 Å². The average Bonchev–Trinajstić information content (AvgIpc) is 3.06. The van der Waals surface area contributed by atoms with E-state index < -0.39 is 33.8 Å². The van der Waals surface area contributed by atoms with Crippen molar-refractivity contribution in [3.05, 3.63) is 28.5 Å². The fraction of sp³-hybridized carbons (Fsp3) is 0.357. The molecule has 1 saturated carbocycles. The second-order valence-electron chi connectivity index (χ2n) is 5.79. The molecule has 138 valence electrons. The van der Waals surface area contributed by atoms with E-state index in [1.807, 2.05) is 0 Å². The number of fused-ring (bicyclic) bond motifs is 1. The normalized spacial score (nSPS) is 18.7. The van der Waals surface area contributed by atoms with E-state index in [0.29, 0.717) is 16.9 Å². The summed E-state index contributed by atoms with van der Waals surface area (Å²) < 4.78 is 77.5. The van der Waals surface area contributed by atoms with Crippen molar-refractivity contribution in [2.75, 3.05) is 0 Å². The molecule has 4 rings (SSSR count). The number of rotatable bonds is 5. The zero-order valence-electron chi connectivity index (χ0n) is 15.8. The summed E-state index contributed by atoms with van der Waals surface area (Å²) in [4.78, 5) is 3.80. The molecule has 0 saturated heterocycles. The molecule has 1 aliphatic carbocycles. The molecule has 0 aliphatic heterocycles. The highest BCUT2D eigenvalue weighted by molar-refractivity contribution is 7.89. The van der Waals surface area contributed by atoms with Crippen molar-refractivity contribution in [3.63, 3.8) is 0 Å². The number of pyridine rings is 1. The van der Waals surface area contributed by atoms with Crippen molar-refractivity contribution in [1.29, 1.82) is 0 Å². The Morgan fingerprint density at radius 2 is 2.23 bits per heavy atom. The van der Waals surface area contributed by atoms with Crippen LogP contribution in [0, 0.1) is 0 Å². The summed E-state index contributed by atoms with van der Waals surface area (Å²) in [5, 5.41) is 6.66. The number of hydrogen-bond acceptors (Lipinski definition) is 6. The van der Waals surface area contributed by atoms with Crippen LogP contribution in [0.2, 0.25) is 5.02 Å². The number of hydrogen-bond donors (Lipinski definition) is 1. The lowest BCUT2D eigenvalue weighted by Crippen LogP contribution is -2.34. The predicted molar refractivity (Wildman–Crippen MR) is 92.0 cm³/mol. The standard InChI is InChI=1S/C14H12ClF2N5O2S2/c1-14(2-3-14)21-26(23,24)7-4-8(15)9-5-18-11(22(9)6-7)13-20-19-12(25-13)10(16)17/h4-6,10,21H,2-3H2,1H3/i1D3. The monoisotopic (exact) mass is 422 g/mol. The predicted octanol–water partition coefficient (Wildman–Crippen LogP) is 3.27. The van der Waals surface area contributed by atoms with Crippen molar-refractivity contribution in [2.45, 2.75) is 36.6 Å². The molecule has 7 nitrogen and oxygen atoms in total. The second-order valence-corrected chi connectivity index (χ2v) is 8.89. The molecular weight excluding hydrogens is 408 g/mol. The van der Waals surface area contributed by atoms with Crippen molar-refractivity contribution >= 4 is 38.5 Å². The summed E-state index contributed by atoms with van der Waals surface area (Å²) >= 11 is 6.80. The van der Waals surface area contributed by atoms with Gasteiger partial charge in [0.2, 0.25) is 10.0 Å². The van der Waals surface area contributed by atoms with Crippen LogP contribution in [0.5, 0.6) is 0 Å². The number of aromatic nitrogens is 4. The number of sulfonamides is 1. The van der Waals surface area contributed by atoms with Gasteiger partial charge in [-0.15, -0.1) is 10.2 Å². The molecule has 0 spiro atoms. The largest absolute Gasteiger partial charge is 0.295 e. The number of nitrogens with zero attached hydrogens (tertiary/aromatic N) is 4. The molecule has 12 heteroatoms. The van der Waals surface area contributed by atoms with Gasteiger partial charge in [-0.05, 0) is 25.8 Å². The molecule has 0 radical (unpaired) electrons. The van der Waals surface area contributed by atoms with E-state index in [-0.39, 0.29) is 33.6 Å². The third kappa shape index (κ3) is 3.08. The lowest BCUT2D eigenvalue weighted by molar-refractivity contribution is 0.150. The van der Waals surface area contributed by atoms with E-state index in [2.05, 4.69) is 19.9 Å². The minimum atomic E-state index is -4.23. The Bertz CT molecular complexity index is 1210. The van der Waals surface area contributed by atoms with E-state index in [0.717, 1.165) is 0 Å². The number of imidazole rings is 1. The van der Waals surface area contributed by atoms with Gasteiger partial charge >= 0.3 is 0 Å². The number of alkyl halides is 2. The van der Waals surface area contributed by atoms with Gasteiger partial charge in [0.1, 0.15) is 4.90 Å². The van der Waals surface area contributed by atoms with Gasteiger partial charge in [0, 0.05) is 15.8 Å². The Balaban J connectivity index is 1.78. The molecule has 3 heterocycles. The summed E-state index contributed by atoms with van der Waals surface area (Å²) in [5.74, 6) is 0.0836. The van der Waals surface area contributed by atoms with Crippen LogP contribution < -0.4 is 4.72 Å². The third-order valence-electron chi connectivity index (χ3n) is 3.78. The van der Waals surface area contributed by atoms with Gasteiger partial charge in [-0.1, -0.05) is 22.9 Å². The van der Waals surface area contributed by atoms with Gasteiger partial charge < -0.3 is 0 Å². The van der Waals surface area contributed by atoms with E-state index in [4.69, 9.17) is 15.7 Å². The first-order valence-electron chi connectivity index (χ1n) is 8.76. The van der Waals surface area contributed by atoms with Gasteiger partial charge in [0.15, 0.2) is 15.8 Å². The van der Waals surface area contributed by atoms with Crippen LogP contribution in [-0.4, -0.2) is 33.5 Å². The molecule has 0 unspecified atom stereocenters. The van der Waals surface area contributed by atoms with E-state index in [1.54, 1.807) is 0 Å². The molecule has 1 N–H and O–H groups in total. The van der Waals surface area contributed by atoms with Crippen LogP contribution in [0.3, 0.4) is 0 Å². The first-order valence-corrected chi connectivity index (χ1v) is 9.94. The Labute approximate surface area is 160 Å². The van der Waals surface area contributed by atoms with Crippen molar-refractivity contribution in [1.82, 2.24) is 24.3 Å². The van der Waals surface area contributed by atoms with Crippen LogP contribution in [0.4, 0.5) is 8.78 Å². The summed E-state index contributed by atoms with van der Waals surface area (Å²) in [6, 6.07) is 1.17. The van der Waals surface area contributed by atoms with Crippen LogP contribution in [0.15, 0.2) is 23.4 Å². The summed E-state index contributed by atoms with van der Waals surface area (Å²) in [6.45, 7) is -2.49. The maximum Gasteiger partial charge on any atom is 0.291 e. The Morgan fingerprint density at radius 1 is 1.46 bits per heavy atom. The molecule has 0 amide bonds. The van der Waals surface area contributed by atoms with Gasteiger partial charge in [-0.3, -0.25) is 4.40 Å². The zero-order valence-corrected chi connectivity index (χ0v) is 15.2.